The Morgan fingerprint density at radius 3 is 2.77 bits per heavy atom. The van der Waals surface area contributed by atoms with Crippen molar-refractivity contribution in [2.45, 2.75) is 25.4 Å². The number of ether oxygens (including phenoxy) is 1. The van der Waals surface area contributed by atoms with Gasteiger partial charge in [0.15, 0.2) is 0 Å². The molecular weight excluding hydrogens is 167 g/mol. The summed E-state index contributed by atoms with van der Waals surface area (Å²) in [5.41, 5.74) is 0.821. The third-order valence-corrected chi connectivity index (χ3v) is 2.52. The van der Waals surface area contributed by atoms with E-state index in [1.165, 1.54) is 6.07 Å². The Morgan fingerprint density at radius 1 is 1.46 bits per heavy atom. The summed E-state index contributed by atoms with van der Waals surface area (Å²) in [6.07, 6.45) is 1.68. The van der Waals surface area contributed by atoms with E-state index in [1.807, 2.05) is 12.1 Å². The van der Waals surface area contributed by atoms with Crippen LogP contribution in [0, 0.1) is 5.82 Å². The minimum Gasteiger partial charge on any atom is -0.370 e. The standard InChI is InChI=1S/C11H13FO/c1-11(8-13-11)7-6-9-4-2-3-5-10(9)12/h2-5H,6-8H2,1H3. The van der Waals surface area contributed by atoms with Crippen LogP contribution in [0.1, 0.15) is 18.9 Å². The summed E-state index contributed by atoms with van der Waals surface area (Å²) in [6.45, 7) is 2.88. The third-order valence-electron chi connectivity index (χ3n) is 2.52. The predicted molar refractivity (Wildman–Crippen MR) is 49.1 cm³/mol. The molecule has 70 valence electrons. The Kier molecular flexibility index (Phi) is 2.08. The molecule has 0 radical (unpaired) electrons. The molecule has 1 saturated heterocycles. The molecular formula is C11H13FO. The summed E-state index contributed by atoms with van der Waals surface area (Å²) in [4.78, 5) is 0. The number of halogens is 1. The van der Waals surface area contributed by atoms with Crippen LogP contribution in [0.5, 0.6) is 0 Å². The molecule has 1 unspecified atom stereocenters. The molecule has 1 aliphatic rings. The van der Waals surface area contributed by atoms with Crippen LogP contribution in [0.4, 0.5) is 4.39 Å². The van der Waals surface area contributed by atoms with Crippen molar-refractivity contribution in [1.82, 2.24) is 0 Å². The number of rotatable bonds is 3. The average Bonchev–Trinajstić information content (AvgIpc) is 2.83. The third kappa shape index (κ3) is 2.07. The number of hydrogen-bond donors (Lipinski definition) is 0. The van der Waals surface area contributed by atoms with Gasteiger partial charge in [0.2, 0.25) is 0 Å². The molecule has 0 N–H and O–H groups in total. The lowest BCUT2D eigenvalue weighted by Crippen LogP contribution is -2.06. The molecule has 1 atom stereocenters. The Bertz CT molecular complexity index is 305. The van der Waals surface area contributed by atoms with E-state index >= 15 is 0 Å². The molecule has 0 bridgehead atoms. The van der Waals surface area contributed by atoms with E-state index in [0.717, 1.165) is 25.0 Å². The SMILES string of the molecule is CC1(CCc2ccccc2F)CO1. The molecule has 2 heteroatoms. The molecule has 1 fully saturated rings. The Balaban J connectivity index is 1.97. The van der Waals surface area contributed by atoms with Crippen LogP contribution in [-0.4, -0.2) is 12.2 Å². The van der Waals surface area contributed by atoms with Crippen LogP contribution in [0.25, 0.3) is 0 Å². The van der Waals surface area contributed by atoms with E-state index in [4.69, 9.17) is 4.74 Å². The van der Waals surface area contributed by atoms with Crippen molar-refractivity contribution in [3.05, 3.63) is 35.6 Å². The largest absolute Gasteiger partial charge is 0.370 e. The van der Waals surface area contributed by atoms with Crippen molar-refractivity contribution in [2.24, 2.45) is 0 Å². The van der Waals surface area contributed by atoms with E-state index in [1.54, 1.807) is 6.07 Å². The van der Waals surface area contributed by atoms with Gasteiger partial charge >= 0.3 is 0 Å². The van der Waals surface area contributed by atoms with Crippen molar-refractivity contribution in [2.75, 3.05) is 6.61 Å². The predicted octanol–water partition coefficient (Wildman–Crippen LogP) is 2.55. The molecule has 1 heterocycles. The van der Waals surface area contributed by atoms with Crippen molar-refractivity contribution in [3.63, 3.8) is 0 Å². The molecule has 0 spiro atoms. The van der Waals surface area contributed by atoms with Crippen LogP contribution >= 0.6 is 0 Å². The minimum atomic E-state index is -0.105. The highest BCUT2D eigenvalue weighted by Crippen LogP contribution is 2.31. The van der Waals surface area contributed by atoms with Gasteiger partial charge in [-0.15, -0.1) is 0 Å². The second-order valence-corrected chi connectivity index (χ2v) is 3.83. The lowest BCUT2D eigenvalue weighted by atomic mass is 10.0. The van der Waals surface area contributed by atoms with Crippen molar-refractivity contribution in [3.8, 4) is 0 Å². The van der Waals surface area contributed by atoms with Gasteiger partial charge < -0.3 is 4.74 Å². The fourth-order valence-corrected chi connectivity index (χ4v) is 1.37. The van der Waals surface area contributed by atoms with Crippen LogP contribution in [0.15, 0.2) is 24.3 Å². The summed E-state index contributed by atoms with van der Waals surface area (Å²) in [5.74, 6) is -0.105. The molecule has 2 rings (SSSR count). The van der Waals surface area contributed by atoms with Gasteiger partial charge in [0.25, 0.3) is 0 Å². The normalized spacial score (nSPS) is 26.0. The number of benzene rings is 1. The molecule has 0 aromatic heterocycles. The zero-order valence-electron chi connectivity index (χ0n) is 7.72. The van der Waals surface area contributed by atoms with Gasteiger partial charge in [0.05, 0.1) is 12.2 Å². The molecule has 1 aliphatic heterocycles. The lowest BCUT2D eigenvalue weighted by molar-refractivity contribution is 0.308. The van der Waals surface area contributed by atoms with E-state index in [9.17, 15) is 4.39 Å². The fraction of sp³-hybridized carbons (Fsp3) is 0.455. The maximum atomic E-state index is 13.1. The molecule has 1 nitrogen and oxygen atoms in total. The molecule has 13 heavy (non-hydrogen) atoms. The van der Waals surface area contributed by atoms with Crippen molar-refractivity contribution in [1.29, 1.82) is 0 Å². The first-order chi connectivity index (χ1) is 6.20. The Morgan fingerprint density at radius 2 is 2.15 bits per heavy atom. The van der Waals surface area contributed by atoms with Crippen LogP contribution in [-0.2, 0) is 11.2 Å². The maximum absolute atomic E-state index is 13.1. The van der Waals surface area contributed by atoms with E-state index in [2.05, 4.69) is 6.92 Å². The second kappa shape index (κ2) is 3.11. The van der Waals surface area contributed by atoms with Gasteiger partial charge in [-0.25, -0.2) is 4.39 Å². The highest BCUT2D eigenvalue weighted by Gasteiger charge is 2.38. The highest BCUT2D eigenvalue weighted by atomic mass is 19.1. The summed E-state index contributed by atoms with van der Waals surface area (Å²) in [5, 5.41) is 0. The Labute approximate surface area is 77.5 Å². The summed E-state index contributed by atoms with van der Waals surface area (Å²) in [6, 6.07) is 6.93. The summed E-state index contributed by atoms with van der Waals surface area (Å²) >= 11 is 0. The quantitative estimate of drug-likeness (QED) is 0.651. The topological polar surface area (TPSA) is 12.5 Å². The molecule has 0 aliphatic carbocycles. The summed E-state index contributed by atoms with van der Waals surface area (Å²) < 4.78 is 18.4. The van der Waals surface area contributed by atoms with Gasteiger partial charge in [-0.2, -0.15) is 0 Å². The maximum Gasteiger partial charge on any atom is 0.126 e. The van der Waals surface area contributed by atoms with Crippen molar-refractivity contribution >= 4 is 0 Å². The van der Waals surface area contributed by atoms with E-state index in [-0.39, 0.29) is 11.4 Å². The zero-order chi connectivity index (χ0) is 9.31. The van der Waals surface area contributed by atoms with Gasteiger partial charge in [-0.1, -0.05) is 18.2 Å². The van der Waals surface area contributed by atoms with Gasteiger partial charge in [0.1, 0.15) is 5.82 Å². The molecule has 1 aromatic carbocycles. The van der Waals surface area contributed by atoms with E-state index in [0.29, 0.717) is 0 Å². The first kappa shape index (κ1) is 8.70. The van der Waals surface area contributed by atoms with Gasteiger partial charge in [-0.05, 0) is 31.4 Å². The van der Waals surface area contributed by atoms with Gasteiger partial charge in [-0.3, -0.25) is 0 Å². The van der Waals surface area contributed by atoms with Crippen molar-refractivity contribution < 1.29 is 9.13 Å². The number of hydrogen-bond acceptors (Lipinski definition) is 1. The number of epoxide rings is 1. The highest BCUT2D eigenvalue weighted by molar-refractivity contribution is 5.17. The minimum absolute atomic E-state index is 0.0300. The monoisotopic (exact) mass is 180 g/mol. The number of aryl methyl sites for hydroxylation is 1. The Hall–Kier alpha value is -0.890. The van der Waals surface area contributed by atoms with Gasteiger partial charge in [0, 0.05) is 0 Å². The van der Waals surface area contributed by atoms with Crippen LogP contribution in [0.3, 0.4) is 0 Å². The summed E-state index contributed by atoms with van der Waals surface area (Å²) in [7, 11) is 0. The molecule has 0 amide bonds. The smallest absolute Gasteiger partial charge is 0.126 e. The first-order valence-electron chi connectivity index (χ1n) is 4.57. The zero-order valence-corrected chi connectivity index (χ0v) is 7.72. The van der Waals surface area contributed by atoms with Crippen LogP contribution < -0.4 is 0 Å². The lowest BCUT2D eigenvalue weighted by Gasteiger charge is -2.05. The molecule has 0 saturated carbocycles. The second-order valence-electron chi connectivity index (χ2n) is 3.83. The fourth-order valence-electron chi connectivity index (χ4n) is 1.37. The van der Waals surface area contributed by atoms with E-state index < -0.39 is 0 Å². The average molecular weight is 180 g/mol. The first-order valence-corrected chi connectivity index (χ1v) is 4.57. The van der Waals surface area contributed by atoms with Crippen LogP contribution in [0.2, 0.25) is 0 Å². The molecule has 1 aromatic rings.